The molecule has 2 unspecified atom stereocenters. The number of hydrogen-bond donors (Lipinski definition) is 3. The number of carbonyl (C=O) groups is 2. The molecule has 0 spiro atoms. The van der Waals surface area contributed by atoms with E-state index in [9.17, 15) is 9.59 Å². The molecule has 7 heteroatoms. The Morgan fingerprint density at radius 1 is 1.44 bits per heavy atom. The van der Waals surface area contributed by atoms with Gasteiger partial charge in [-0.05, 0) is 13.5 Å². The summed E-state index contributed by atoms with van der Waals surface area (Å²) in [5.74, 6) is -1.23. The van der Waals surface area contributed by atoms with Crippen LogP contribution in [0.5, 0.6) is 0 Å². The van der Waals surface area contributed by atoms with E-state index in [0.29, 0.717) is 19.1 Å². The molecule has 1 fully saturated rings. The SMILES string of the molecule is CCC1CN(C(=O)NC(CO)C(=O)O)CCN1C. The molecule has 0 aromatic rings. The summed E-state index contributed by atoms with van der Waals surface area (Å²) in [6.07, 6.45) is 0.933. The third-order valence-corrected chi connectivity index (χ3v) is 3.31. The number of amides is 2. The van der Waals surface area contributed by atoms with Crippen molar-refractivity contribution in [3.8, 4) is 0 Å². The van der Waals surface area contributed by atoms with Crippen molar-refractivity contribution in [2.45, 2.75) is 25.4 Å². The molecule has 0 aromatic heterocycles. The van der Waals surface area contributed by atoms with Gasteiger partial charge in [0.25, 0.3) is 0 Å². The highest BCUT2D eigenvalue weighted by Gasteiger charge is 2.28. The second kappa shape index (κ2) is 6.55. The minimum absolute atomic E-state index is 0.293. The maximum absolute atomic E-state index is 11.9. The summed E-state index contributed by atoms with van der Waals surface area (Å²) in [6.45, 7) is 3.36. The number of aliphatic hydroxyl groups excluding tert-OH is 1. The number of likely N-dealkylation sites (N-methyl/N-ethyl adjacent to an activating group) is 1. The molecule has 0 bridgehead atoms. The average molecular weight is 259 g/mol. The molecule has 1 heterocycles. The molecule has 0 saturated carbocycles. The van der Waals surface area contributed by atoms with Crippen molar-refractivity contribution in [3.63, 3.8) is 0 Å². The molecule has 1 saturated heterocycles. The fraction of sp³-hybridized carbons (Fsp3) is 0.818. The summed E-state index contributed by atoms with van der Waals surface area (Å²) < 4.78 is 0. The van der Waals surface area contributed by atoms with Crippen molar-refractivity contribution in [1.82, 2.24) is 15.1 Å². The van der Waals surface area contributed by atoms with E-state index in [0.717, 1.165) is 13.0 Å². The Morgan fingerprint density at radius 3 is 2.61 bits per heavy atom. The zero-order valence-electron chi connectivity index (χ0n) is 10.8. The molecule has 2 amide bonds. The Bertz CT molecular complexity index is 311. The number of piperazine rings is 1. The molecule has 0 aliphatic carbocycles. The minimum Gasteiger partial charge on any atom is -0.480 e. The van der Waals surface area contributed by atoms with Gasteiger partial charge in [-0.2, -0.15) is 0 Å². The Balaban J connectivity index is 2.54. The van der Waals surface area contributed by atoms with Crippen LogP contribution in [0.2, 0.25) is 0 Å². The highest BCUT2D eigenvalue weighted by molar-refractivity contribution is 5.82. The van der Waals surface area contributed by atoms with Crippen LogP contribution in [0.4, 0.5) is 4.79 Å². The van der Waals surface area contributed by atoms with E-state index in [1.807, 2.05) is 7.05 Å². The lowest BCUT2D eigenvalue weighted by Crippen LogP contribution is -2.57. The number of urea groups is 1. The Kier molecular flexibility index (Phi) is 5.36. The van der Waals surface area contributed by atoms with Gasteiger partial charge in [0.15, 0.2) is 6.04 Å². The van der Waals surface area contributed by atoms with Crippen LogP contribution in [0, 0.1) is 0 Å². The van der Waals surface area contributed by atoms with Gasteiger partial charge in [-0.25, -0.2) is 9.59 Å². The van der Waals surface area contributed by atoms with Gasteiger partial charge in [0, 0.05) is 25.7 Å². The van der Waals surface area contributed by atoms with Gasteiger partial charge in [-0.3, -0.25) is 4.90 Å². The Morgan fingerprint density at radius 2 is 2.11 bits per heavy atom. The fourth-order valence-electron chi connectivity index (χ4n) is 2.00. The molecule has 0 radical (unpaired) electrons. The molecular formula is C11H21N3O4. The number of nitrogens with one attached hydrogen (secondary N) is 1. The lowest BCUT2D eigenvalue weighted by atomic mass is 10.1. The van der Waals surface area contributed by atoms with Gasteiger partial charge in [0.1, 0.15) is 0 Å². The molecule has 1 aliphatic rings. The average Bonchev–Trinajstić information content (AvgIpc) is 2.35. The fourth-order valence-corrected chi connectivity index (χ4v) is 2.00. The maximum Gasteiger partial charge on any atom is 0.328 e. The predicted octanol–water partition coefficient (Wildman–Crippen LogP) is -0.832. The first-order valence-corrected chi connectivity index (χ1v) is 6.08. The van der Waals surface area contributed by atoms with Gasteiger partial charge < -0.3 is 20.4 Å². The lowest BCUT2D eigenvalue weighted by Gasteiger charge is -2.39. The lowest BCUT2D eigenvalue weighted by molar-refractivity contribution is -0.140. The molecule has 7 nitrogen and oxygen atoms in total. The van der Waals surface area contributed by atoms with E-state index < -0.39 is 24.6 Å². The van der Waals surface area contributed by atoms with Crippen molar-refractivity contribution < 1.29 is 19.8 Å². The van der Waals surface area contributed by atoms with Gasteiger partial charge in [-0.1, -0.05) is 6.92 Å². The monoisotopic (exact) mass is 259 g/mol. The second-order valence-electron chi connectivity index (χ2n) is 4.51. The highest BCUT2D eigenvalue weighted by atomic mass is 16.4. The van der Waals surface area contributed by atoms with Crippen LogP contribution in [0.15, 0.2) is 0 Å². The molecule has 1 aliphatic heterocycles. The summed E-state index contributed by atoms with van der Waals surface area (Å²) in [6, 6.07) is -1.37. The third-order valence-electron chi connectivity index (χ3n) is 3.31. The summed E-state index contributed by atoms with van der Waals surface area (Å²) in [5.41, 5.74) is 0. The third kappa shape index (κ3) is 3.58. The topological polar surface area (TPSA) is 93.1 Å². The summed E-state index contributed by atoms with van der Waals surface area (Å²) in [7, 11) is 2.01. The molecule has 2 atom stereocenters. The van der Waals surface area contributed by atoms with E-state index in [4.69, 9.17) is 10.2 Å². The summed E-state index contributed by atoms with van der Waals surface area (Å²) in [4.78, 5) is 26.4. The van der Waals surface area contributed by atoms with Crippen LogP contribution in [-0.4, -0.2) is 77.4 Å². The Hall–Kier alpha value is -1.34. The van der Waals surface area contributed by atoms with Crippen molar-refractivity contribution in [3.05, 3.63) is 0 Å². The quantitative estimate of drug-likeness (QED) is 0.612. The highest BCUT2D eigenvalue weighted by Crippen LogP contribution is 2.10. The van der Waals surface area contributed by atoms with E-state index in [-0.39, 0.29) is 0 Å². The number of carboxylic acid groups (broad SMARTS) is 1. The number of aliphatic carboxylic acids is 1. The van der Waals surface area contributed by atoms with Crippen LogP contribution in [0.25, 0.3) is 0 Å². The first kappa shape index (κ1) is 14.7. The van der Waals surface area contributed by atoms with E-state index in [1.54, 1.807) is 4.90 Å². The van der Waals surface area contributed by atoms with Crippen LogP contribution in [-0.2, 0) is 4.79 Å². The largest absolute Gasteiger partial charge is 0.480 e. The second-order valence-corrected chi connectivity index (χ2v) is 4.51. The molecule has 0 aromatic carbocycles. The minimum atomic E-state index is -1.24. The van der Waals surface area contributed by atoms with E-state index in [1.165, 1.54) is 0 Å². The number of rotatable bonds is 4. The van der Waals surface area contributed by atoms with E-state index >= 15 is 0 Å². The van der Waals surface area contributed by atoms with Crippen LogP contribution >= 0.6 is 0 Å². The molecule has 3 N–H and O–H groups in total. The molecular weight excluding hydrogens is 238 g/mol. The number of hydrogen-bond acceptors (Lipinski definition) is 4. The maximum atomic E-state index is 11.9. The summed E-state index contributed by atoms with van der Waals surface area (Å²) in [5, 5.41) is 19.9. The molecule has 104 valence electrons. The normalized spacial score (nSPS) is 22.6. The Labute approximate surface area is 106 Å². The van der Waals surface area contributed by atoms with Crippen LogP contribution in [0.3, 0.4) is 0 Å². The van der Waals surface area contributed by atoms with Gasteiger partial charge >= 0.3 is 12.0 Å². The van der Waals surface area contributed by atoms with E-state index in [2.05, 4.69) is 17.1 Å². The first-order chi connectivity index (χ1) is 8.49. The van der Waals surface area contributed by atoms with Crippen molar-refractivity contribution in [2.24, 2.45) is 0 Å². The zero-order valence-corrected chi connectivity index (χ0v) is 10.8. The smallest absolute Gasteiger partial charge is 0.328 e. The van der Waals surface area contributed by atoms with Crippen LogP contribution < -0.4 is 5.32 Å². The van der Waals surface area contributed by atoms with Crippen LogP contribution in [0.1, 0.15) is 13.3 Å². The number of nitrogens with zero attached hydrogens (tertiary/aromatic N) is 2. The van der Waals surface area contributed by atoms with Gasteiger partial charge in [-0.15, -0.1) is 0 Å². The van der Waals surface area contributed by atoms with Gasteiger partial charge in [0.05, 0.1) is 6.61 Å². The number of carboxylic acids is 1. The predicted molar refractivity (Wildman–Crippen MR) is 65.3 cm³/mol. The first-order valence-electron chi connectivity index (χ1n) is 6.08. The van der Waals surface area contributed by atoms with Crippen molar-refractivity contribution >= 4 is 12.0 Å². The zero-order chi connectivity index (χ0) is 13.7. The number of carbonyl (C=O) groups excluding carboxylic acids is 1. The molecule has 1 rings (SSSR count). The van der Waals surface area contributed by atoms with Crippen molar-refractivity contribution in [1.29, 1.82) is 0 Å². The van der Waals surface area contributed by atoms with Crippen molar-refractivity contribution in [2.75, 3.05) is 33.3 Å². The molecule has 18 heavy (non-hydrogen) atoms. The summed E-state index contributed by atoms with van der Waals surface area (Å²) >= 11 is 0. The van der Waals surface area contributed by atoms with Gasteiger partial charge in [0.2, 0.25) is 0 Å². The standard InChI is InChI=1S/C11H21N3O4/c1-3-8-6-14(5-4-13(8)2)11(18)12-9(7-15)10(16)17/h8-9,15H,3-7H2,1-2H3,(H,12,18)(H,16,17). The number of aliphatic hydroxyl groups is 1.